The maximum Gasteiger partial charge on any atom is 0.245 e. The highest BCUT2D eigenvalue weighted by atomic mass is 35.5. The van der Waals surface area contributed by atoms with Crippen molar-refractivity contribution in [3.63, 3.8) is 0 Å². The van der Waals surface area contributed by atoms with Crippen LogP contribution in [0.5, 0.6) is 5.75 Å². The molecule has 0 atom stereocenters. The molecule has 0 heterocycles. The largest absolute Gasteiger partial charge is 0.508 e. The molecule has 0 aliphatic rings. The van der Waals surface area contributed by atoms with Crippen molar-refractivity contribution in [3.8, 4) is 5.75 Å². The Hall–Kier alpha value is -1.48. The molecule has 0 saturated heterocycles. The van der Waals surface area contributed by atoms with Gasteiger partial charge in [-0.05, 0) is 64.0 Å². The van der Waals surface area contributed by atoms with Crippen molar-refractivity contribution in [3.05, 3.63) is 68.7 Å². The molecule has 0 saturated carbocycles. The van der Waals surface area contributed by atoms with Crippen molar-refractivity contribution >= 4 is 46.1 Å². The average Bonchev–Trinajstić information content (AvgIpc) is 2.50. The number of halogens is 3. The molecule has 0 unspecified atom stereocenters. The molecule has 2 aromatic rings. The van der Waals surface area contributed by atoms with Crippen molar-refractivity contribution in [1.82, 2.24) is 0 Å². The Bertz CT molecular complexity index is 772. The molecule has 24 heavy (non-hydrogen) atoms. The minimum Gasteiger partial charge on any atom is -0.508 e. The topological polar surface area (TPSA) is 37.3 Å². The summed E-state index contributed by atoms with van der Waals surface area (Å²) in [5.74, 6) is 0.508. The quantitative estimate of drug-likeness (QED) is 0.493. The lowest BCUT2D eigenvalue weighted by molar-refractivity contribution is -0.107. The molecule has 0 aliphatic heterocycles. The maximum atomic E-state index is 10.8. The minimum atomic E-state index is -0.559. The van der Waals surface area contributed by atoms with Crippen LogP contribution in [-0.4, -0.2) is 10.3 Å². The van der Waals surface area contributed by atoms with E-state index in [9.17, 15) is 9.90 Å². The standard InChI is InChI=1S/C19H17Cl3O2/c1-11(2)14-7-12(3-5-18(14)23)8-15-16(20)9-13(10-17(15)21)4-6-19(22)24/h3-7,9-11,23H,8H2,1-2H3/b6-4+. The zero-order valence-corrected chi connectivity index (χ0v) is 15.6. The smallest absolute Gasteiger partial charge is 0.245 e. The Labute approximate surface area is 156 Å². The summed E-state index contributed by atoms with van der Waals surface area (Å²) in [6.07, 6.45) is 3.36. The minimum absolute atomic E-state index is 0.219. The number of hydrogen-bond donors (Lipinski definition) is 1. The number of benzene rings is 2. The van der Waals surface area contributed by atoms with Crippen molar-refractivity contribution in [2.24, 2.45) is 0 Å². The second kappa shape index (κ2) is 8.06. The number of rotatable bonds is 5. The summed E-state index contributed by atoms with van der Waals surface area (Å²) in [7, 11) is 0. The molecule has 0 spiro atoms. The van der Waals surface area contributed by atoms with Gasteiger partial charge >= 0.3 is 0 Å². The van der Waals surface area contributed by atoms with Gasteiger partial charge in [0.15, 0.2) is 0 Å². The Kier molecular flexibility index (Phi) is 6.34. The van der Waals surface area contributed by atoms with E-state index in [1.54, 1.807) is 24.3 Å². The number of phenols is 1. The Morgan fingerprint density at radius 1 is 1.17 bits per heavy atom. The van der Waals surface area contributed by atoms with Crippen LogP contribution in [0.25, 0.3) is 6.08 Å². The summed E-state index contributed by atoms with van der Waals surface area (Å²) in [5.41, 5.74) is 3.41. The van der Waals surface area contributed by atoms with Gasteiger partial charge in [0.1, 0.15) is 5.75 Å². The van der Waals surface area contributed by atoms with Crippen LogP contribution in [-0.2, 0) is 11.2 Å². The number of aromatic hydroxyl groups is 1. The van der Waals surface area contributed by atoms with Gasteiger partial charge in [-0.2, -0.15) is 0 Å². The third-order valence-electron chi connectivity index (χ3n) is 3.67. The third kappa shape index (κ3) is 4.76. The monoisotopic (exact) mass is 382 g/mol. The van der Waals surface area contributed by atoms with E-state index < -0.39 is 5.24 Å². The summed E-state index contributed by atoms with van der Waals surface area (Å²) >= 11 is 18.0. The molecule has 2 rings (SSSR count). The van der Waals surface area contributed by atoms with Crippen LogP contribution in [0.3, 0.4) is 0 Å². The van der Waals surface area contributed by atoms with Gasteiger partial charge in [-0.1, -0.05) is 55.3 Å². The molecule has 0 radical (unpaired) electrons. The van der Waals surface area contributed by atoms with Crippen molar-refractivity contribution in [1.29, 1.82) is 0 Å². The molecule has 1 N–H and O–H groups in total. The Morgan fingerprint density at radius 3 is 2.33 bits per heavy atom. The Balaban J connectivity index is 2.34. The van der Waals surface area contributed by atoms with Crippen molar-refractivity contribution < 1.29 is 9.90 Å². The lowest BCUT2D eigenvalue weighted by Gasteiger charge is -2.13. The second-order valence-electron chi connectivity index (χ2n) is 5.83. The summed E-state index contributed by atoms with van der Waals surface area (Å²) in [4.78, 5) is 10.8. The zero-order valence-electron chi connectivity index (χ0n) is 13.3. The number of carbonyl (C=O) groups is 1. The van der Waals surface area contributed by atoms with Gasteiger partial charge < -0.3 is 5.11 Å². The van der Waals surface area contributed by atoms with Gasteiger partial charge in [0.2, 0.25) is 5.24 Å². The summed E-state index contributed by atoms with van der Waals surface area (Å²) in [5, 5.41) is 10.4. The summed E-state index contributed by atoms with van der Waals surface area (Å²) < 4.78 is 0. The normalized spacial score (nSPS) is 11.4. The molecule has 2 aromatic carbocycles. The van der Waals surface area contributed by atoms with E-state index >= 15 is 0 Å². The van der Waals surface area contributed by atoms with Crippen LogP contribution < -0.4 is 0 Å². The van der Waals surface area contributed by atoms with Crippen LogP contribution in [0.4, 0.5) is 0 Å². The van der Waals surface area contributed by atoms with Gasteiger partial charge in [0.05, 0.1) is 0 Å². The van der Waals surface area contributed by atoms with Crippen molar-refractivity contribution in [2.75, 3.05) is 0 Å². The molecule has 126 valence electrons. The molecule has 0 bridgehead atoms. The van der Waals surface area contributed by atoms with Crippen LogP contribution >= 0.6 is 34.8 Å². The number of phenolic OH excluding ortho intramolecular Hbond substituents is 1. The predicted octanol–water partition coefficient (Wildman–Crippen LogP) is 6.19. The van der Waals surface area contributed by atoms with E-state index in [4.69, 9.17) is 34.8 Å². The number of allylic oxidation sites excluding steroid dienone is 1. The second-order valence-corrected chi connectivity index (χ2v) is 7.01. The third-order valence-corrected chi connectivity index (χ3v) is 4.47. The Morgan fingerprint density at radius 2 is 1.79 bits per heavy atom. The summed E-state index contributed by atoms with van der Waals surface area (Å²) in [6, 6.07) is 8.99. The SMILES string of the molecule is CC(C)c1cc(Cc2c(Cl)cc(/C=C/C(=O)Cl)cc2Cl)ccc1O. The lowest BCUT2D eigenvalue weighted by Crippen LogP contribution is -1.95. The van der Waals surface area contributed by atoms with Crippen LogP contribution in [0.15, 0.2) is 36.4 Å². The van der Waals surface area contributed by atoms with E-state index in [2.05, 4.69) is 0 Å². The van der Waals surface area contributed by atoms with Crippen molar-refractivity contribution in [2.45, 2.75) is 26.2 Å². The highest BCUT2D eigenvalue weighted by Crippen LogP contribution is 2.32. The van der Waals surface area contributed by atoms with E-state index in [-0.39, 0.29) is 11.7 Å². The fourth-order valence-corrected chi connectivity index (χ4v) is 3.13. The van der Waals surface area contributed by atoms with E-state index in [1.165, 1.54) is 6.08 Å². The lowest BCUT2D eigenvalue weighted by atomic mass is 9.96. The van der Waals surface area contributed by atoms with E-state index in [1.807, 2.05) is 26.0 Å². The van der Waals surface area contributed by atoms with Gasteiger partial charge in [-0.15, -0.1) is 0 Å². The predicted molar refractivity (Wildman–Crippen MR) is 101 cm³/mol. The molecule has 0 fully saturated rings. The number of hydrogen-bond acceptors (Lipinski definition) is 2. The van der Waals surface area contributed by atoms with Crippen LogP contribution in [0.1, 0.15) is 42.0 Å². The maximum absolute atomic E-state index is 10.8. The summed E-state index contributed by atoms with van der Waals surface area (Å²) in [6.45, 7) is 4.05. The van der Waals surface area contributed by atoms with Gasteiger partial charge in [0.25, 0.3) is 0 Å². The first-order chi connectivity index (χ1) is 11.3. The molecule has 0 amide bonds. The first kappa shape index (κ1) is 18.9. The number of carbonyl (C=O) groups excluding carboxylic acids is 1. The zero-order chi connectivity index (χ0) is 17.9. The highest BCUT2D eigenvalue weighted by Gasteiger charge is 2.12. The first-order valence-electron chi connectivity index (χ1n) is 7.45. The molecular weight excluding hydrogens is 367 g/mol. The fourth-order valence-electron chi connectivity index (χ4n) is 2.43. The van der Waals surface area contributed by atoms with Crippen LogP contribution in [0.2, 0.25) is 10.0 Å². The average molecular weight is 384 g/mol. The molecule has 0 aromatic heterocycles. The molecule has 2 nitrogen and oxygen atoms in total. The molecule has 0 aliphatic carbocycles. The van der Waals surface area contributed by atoms with Gasteiger partial charge in [-0.3, -0.25) is 4.79 Å². The van der Waals surface area contributed by atoms with E-state index in [0.29, 0.717) is 22.0 Å². The highest BCUT2D eigenvalue weighted by molar-refractivity contribution is 6.66. The first-order valence-corrected chi connectivity index (χ1v) is 8.58. The van der Waals surface area contributed by atoms with E-state index in [0.717, 1.165) is 16.7 Å². The molecule has 5 heteroatoms. The molecular formula is C19H17Cl3O2. The van der Waals surface area contributed by atoms with Gasteiger partial charge in [0, 0.05) is 16.5 Å². The fraction of sp³-hybridized carbons (Fsp3) is 0.211. The van der Waals surface area contributed by atoms with Crippen LogP contribution in [0, 0.1) is 0 Å². The van der Waals surface area contributed by atoms with Gasteiger partial charge in [-0.25, -0.2) is 0 Å².